The number of hydrogen-bond acceptors (Lipinski definition) is 2. The summed E-state index contributed by atoms with van der Waals surface area (Å²) in [6, 6.07) is 0. The van der Waals surface area contributed by atoms with Crippen molar-refractivity contribution >= 4 is 6.72 Å². The first-order valence-electron chi connectivity index (χ1n) is 4.36. The van der Waals surface area contributed by atoms with E-state index in [1.807, 2.05) is 0 Å². The monoisotopic (exact) mass is 169 g/mol. The van der Waals surface area contributed by atoms with E-state index in [4.69, 9.17) is 4.74 Å². The fraction of sp³-hybridized carbons (Fsp3) is 0.700. The first-order chi connectivity index (χ1) is 5.57. The molecule has 0 fully saturated rings. The van der Waals surface area contributed by atoms with Crippen LogP contribution in [-0.4, -0.2) is 13.3 Å². The Hall–Kier alpha value is -0.790. The Balaban J connectivity index is 3.86. The van der Waals surface area contributed by atoms with Crippen molar-refractivity contribution in [3.05, 3.63) is 12.0 Å². The molecule has 0 aromatic carbocycles. The molecule has 2 nitrogen and oxygen atoms in total. The van der Waals surface area contributed by atoms with Gasteiger partial charge in [0.2, 0.25) is 0 Å². The normalized spacial score (nSPS) is 12.3. The third-order valence-electron chi connectivity index (χ3n) is 1.41. The summed E-state index contributed by atoms with van der Waals surface area (Å²) in [5.74, 6) is 0.939. The Morgan fingerprint density at radius 2 is 2.00 bits per heavy atom. The van der Waals surface area contributed by atoms with E-state index in [9.17, 15) is 0 Å². The van der Waals surface area contributed by atoms with Crippen LogP contribution in [0, 0.1) is 11.8 Å². The van der Waals surface area contributed by atoms with Crippen LogP contribution in [0.4, 0.5) is 0 Å². The minimum Gasteiger partial charge on any atom is -0.499 e. The van der Waals surface area contributed by atoms with Crippen molar-refractivity contribution in [2.75, 3.05) is 6.61 Å². The first kappa shape index (κ1) is 11.2. The van der Waals surface area contributed by atoms with Crippen LogP contribution in [0.5, 0.6) is 0 Å². The molecule has 12 heavy (non-hydrogen) atoms. The zero-order valence-electron chi connectivity index (χ0n) is 8.50. The Kier molecular flexibility index (Phi) is 5.43. The minimum absolute atomic E-state index is 0.384. The lowest BCUT2D eigenvalue weighted by molar-refractivity contribution is 0.207. The van der Waals surface area contributed by atoms with Crippen molar-refractivity contribution in [1.82, 2.24) is 0 Å². The molecule has 0 aliphatic rings. The zero-order valence-corrected chi connectivity index (χ0v) is 8.50. The van der Waals surface area contributed by atoms with Crippen LogP contribution >= 0.6 is 0 Å². The maximum absolute atomic E-state index is 5.31. The third kappa shape index (κ3) is 4.94. The number of ether oxygens (including phenoxy) is 1. The standard InChI is InChI=1S/C10H19NO/c1-8(2)6-12-7-10(11-5)9(3)4/h7-9H,5-6H2,1-4H3/b10-7-. The number of allylic oxidation sites excluding steroid dienone is 1. The number of rotatable bonds is 5. The summed E-state index contributed by atoms with van der Waals surface area (Å²) >= 11 is 0. The average molecular weight is 169 g/mol. The molecule has 0 N–H and O–H groups in total. The topological polar surface area (TPSA) is 21.6 Å². The molecule has 0 aromatic rings. The van der Waals surface area contributed by atoms with Gasteiger partial charge in [-0.2, -0.15) is 0 Å². The Bertz CT molecular complexity index is 159. The quantitative estimate of drug-likeness (QED) is 0.458. The fourth-order valence-electron chi connectivity index (χ4n) is 0.682. The minimum atomic E-state index is 0.384. The van der Waals surface area contributed by atoms with E-state index in [0.717, 1.165) is 12.3 Å². The van der Waals surface area contributed by atoms with E-state index in [2.05, 4.69) is 39.4 Å². The van der Waals surface area contributed by atoms with Gasteiger partial charge >= 0.3 is 0 Å². The lowest BCUT2D eigenvalue weighted by Crippen LogP contribution is -1.99. The van der Waals surface area contributed by atoms with Crippen LogP contribution in [0.3, 0.4) is 0 Å². The molecule has 0 saturated carbocycles. The summed E-state index contributed by atoms with van der Waals surface area (Å²) < 4.78 is 5.31. The van der Waals surface area contributed by atoms with Gasteiger partial charge in [-0.1, -0.05) is 27.7 Å². The van der Waals surface area contributed by atoms with Gasteiger partial charge in [-0.25, -0.2) is 0 Å². The van der Waals surface area contributed by atoms with Gasteiger partial charge in [-0.05, 0) is 18.6 Å². The van der Waals surface area contributed by atoms with Gasteiger partial charge in [0.25, 0.3) is 0 Å². The van der Waals surface area contributed by atoms with Crippen LogP contribution in [-0.2, 0) is 4.74 Å². The maximum atomic E-state index is 5.31. The van der Waals surface area contributed by atoms with Gasteiger partial charge in [-0.15, -0.1) is 0 Å². The molecule has 0 unspecified atom stereocenters. The summed E-state index contributed by atoms with van der Waals surface area (Å²) in [5, 5.41) is 0. The summed E-state index contributed by atoms with van der Waals surface area (Å²) in [7, 11) is 0. The van der Waals surface area contributed by atoms with Gasteiger partial charge in [0.15, 0.2) is 0 Å². The smallest absolute Gasteiger partial charge is 0.105 e. The molecule has 70 valence electrons. The van der Waals surface area contributed by atoms with Crippen LogP contribution in [0.25, 0.3) is 0 Å². The highest BCUT2D eigenvalue weighted by Crippen LogP contribution is 2.10. The Labute approximate surface area is 75.3 Å². The van der Waals surface area contributed by atoms with Crippen molar-refractivity contribution in [3.8, 4) is 0 Å². The van der Waals surface area contributed by atoms with E-state index in [1.165, 1.54) is 0 Å². The van der Waals surface area contributed by atoms with Gasteiger partial charge in [0.1, 0.15) is 6.26 Å². The Morgan fingerprint density at radius 3 is 2.33 bits per heavy atom. The molecule has 2 heteroatoms. The zero-order chi connectivity index (χ0) is 9.56. The van der Waals surface area contributed by atoms with Crippen molar-refractivity contribution in [1.29, 1.82) is 0 Å². The first-order valence-corrected chi connectivity index (χ1v) is 4.36. The van der Waals surface area contributed by atoms with Crippen LogP contribution in [0.2, 0.25) is 0 Å². The van der Waals surface area contributed by atoms with E-state index in [0.29, 0.717) is 11.8 Å². The molecule has 0 heterocycles. The molecular formula is C10H19NO. The second kappa shape index (κ2) is 5.81. The predicted molar refractivity (Wildman–Crippen MR) is 53.3 cm³/mol. The number of nitrogens with zero attached hydrogens (tertiary/aromatic N) is 1. The molecular weight excluding hydrogens is 150 g/mol. The molecule has 0 saturated heterocycles. The second-order valence-corrected chi connectivity index (χ2v) is 3.58. The largest absolute Gasteiger partial charge is 0.499 e. The van der Waals surface area contributed by atoms with Crippen LogP contribution in [0.15, 0.2) is 17.0 Å². The lowest BCUT2D eigenvalue weighted by Gasteiger charge is -2.07. The van der Waals surface area contributed by atoms with E-state index < -0.39 is 0 Å². The molecule has 0 spiro atoms. The molecule has 0 aliphatic carbocycles. The van der Waals surface area contributed by atoms with Crippen LogP contribution in [0.1, 0.15) is 27.7 Å². The van der Waals surface area contributed by atoms with Gasteiger partial charge in [0.05, 0.1) is 12.3 Å². The van der Waals surface area contributed by atoms with E-state index >= 15 is 0 Å². The number of hydrogen-bond donors (Lipinski definition) is 0. The average Bonchev–Trinajstić information content (AvgIpc) is 1.96. The summed E-state index contributed by atoms with van der Waals surface area (Å²) in [6.45, 7) is 12.6. The molecule has 0 aromatic heterocycles. The summed E-state index contributed by atoms with van der Waals surface area (Å²) in [5.41, 5.74) is 0.913. The van der Waals surface area contributed by atoms with E-state index in [-0.39, 0.29) is 0 Å². The highest BCUT2D eigenvalue weighted by molar-refractivity contribution is 5.28. The Morgan fingerprint density at radius 1 is 1.42 bits per heavy atom. The third-order valence-corrected chi connectivity index (χ3v) is 1.41. The molecule has 0 amide bonds. The van der Waals surface area contributed by atoms with Gasteiger partial charge < -0.3 is 4.74 Å². The van der Waals surface area contributed by atoms with Crippen molar-refractivity contribution in [2.24, 2.45) is 16.8 Å². The molecule has 0 atom stereocenters. The molecule has 0 bridgehead atoms. The van der Waals surface area contributed by atoms with E-state index in [1.54, 1.807) is 6.26 Å². The van der Waals surface area contributed by atoms with Crippen molar-refractivity contribution in [3.63, 3.8) is 0 Å². The SMILES string of the molecule is C=N/C(=C\OCC(C)C)C(C)C. The predicted octanol–water partition coefficient (Wildman–Crippen LogP) is 2.86. The fourth-order valence-corrected chi connectivity index (χ4v) is 0.682. The molecule has 0 rings (SSSR count). The molecule has 0 aliphatic heterocycles. The lowest BCUT2D eigenvalue weighted by atomic mass is 10.2. The van der Waals surface area contributed by atoms with Crippen molar-refractivity contribution < 1.29 is 4.74 Å². The molecule has 0 radical (unpaired) electrons. The number of aliphatic imine (C=N–C) groups is 1. The highest BCUT2D eigenvalue weighted by Gasteiger charge is 2.00. The van der Waals surface area contributed by atoms with Gasteiger partial charge in [0, 0.05) is 0 Å². The van der Waals surface area contributed by atoms with Crippen LogP contribution < -0.4 is 0 Å². The van der Waals surface area contributed by atoms with Gasteiger partial charge in [-0.3, -0.25) is 4.99 Å². The highest BCUT2D eigenvalue weighted by atomic mass is 16.5. The summed E-state index contributed by atoms with van der Waals surface area (Å²) in [6.07, 6.45) is 1.71. The second-order valence-electron chi connectivity index (χ2n) is 3.58. The van der Waals surface area contributed by atoms with Crippen molar-refractivity contribution in [2.45, 2.75) is 27.7 Å². The summed E-state index contributed by atoms with van der Waals surface area (Å²) in [4.78, 5) is 3.87. The maximum Gasteiger partial charge on any atom is 0.105 e.